The van der Waals surface area contributed by atoms with Crippen LogP contribution in [0.15, 0.2) is 43.0 Å². The average molecular weight is 419 g/mol. The van der Waals surface area contributed by atoms with Crippen LogP contribution in [0.2, 0.25) is 5.02 Å². The number of para-hydroxylation sites is 1. The zero-order chi connectivity index (χ0) is 20.8. The van der Waals surface area contributed by atoms with E-state index in [4.69, 9.17) is 16.6 Å². The van der Waals surface area contributed by atoms with Crippen LogP contribution in [0.3, 0.4) is 0 Å². The van der Waals surface area contributed by atoms with E-state index >= 15 is 0 Å². The zero-order valence-corrected chi connectivity index (χ0v) is 17.4. The summed E-state index contributed by atoms with van der Waals surface area (Å²) in [4.78, 5) is 20.8. The Kier molecular flexibility index (Phi) is 4.36. The zero-order valence-electron chi connectivity index (χ0n) is 16.7. The number of aromatic nitrogens is 7. The number of anilines is 1. The number of imidazole rings is 1. The molecular weight excluding hydrogens is 400 g/mol. The summed E-state index contributed by atoms with van der Waals surface area (Å²) in [5.74, 6) is 1.41. The molecule has 30 heavy (non-hydrogen) atoms. The summed E-state index contributed by atoms with van der Waals surface area (Å²) in [5, 5.41) is 9.69. The highest BCUT2D eigenvalue weighted by molar-refractivity contribution is 6.35. The molecule has 1 atom stereocenters. The minimum absolute atomic E-state index is 0.124. The van der Waals surface area contributed by atoms with Crippen LogP contribution in [0.5, 0.6) is 0 Å². The maximum Gasteiger partial charge on any atom is 0.182 e. The van der Waals surface area contributed by atoms with Crippen molar-refractivity contribution in [3.63, 3.8) is 0 Å². The number of pyridine rings is 1. The van der Waals surface area contributed by atoms with E-state index in [-0.39, 0.29) is 6.04 Å². The second-order valence-electron chi connectivity index (χ2n) is 7.24. The molecule has 0 aliphatic rings. The number of H-pyrrole nitrogens is 1. The number of nitrogens with one attached hydrogen (secondary N) is 2. The molecule has 2 N–H and O–H groups in total. The molecule has 0 saturated carbocycles. The molecule has 0 radical (unpaired) electrons. The van der Waals surface area contributed by atoms with Crippen molar-refractivity contribution < 1.29 is 0 Å². The molecule has 0 aliphatic heterocycles. The van der Waals surface area contributed by atoms with Gasteiger partial charge in [0.25, 0.3) is 0 Å². The number of rotatable bonds is 4. The lowest BCUT2D eigenvalue weighted by molar-refractivity contribution is 0.770. The van der Waals surface area contributed by atoms with Gasteiger partial charge in [-0.15, -0.1) is 0 Å². The summed E-state index contributed by atoms with van der Waals surface area (Å²) < 4.78 is 1.86. The highest BCUT2D eigenvalue weighted by Gasteiger charge is 2.20. The first-order valence-electron chi connectivity index (χ1n) is 9.54. The van der Waals surface area contributed by atoms with E-state index in [1.165, 1.54) is 6.33 Å². The fraction of sp³-hybridized carbons (Fsp3) is 0.190. The van der Waals surface area contributed by atoms with E-state index in [9.17, 15) is 0 Å². The average Bonchev–Trinajstić information content (AvgIpc) is 3.34. The van der Waals surface area contributed by atoms with Gasteiger partial charge >= 0.3 is 0 Å². The molecule has 0 aliphatic carbocycles. The van der Waals surface area contributed by atoms with Gasteiger partial charge in [0.15, 0.2) is 17.3 Å². The minimum Gasteiger partial charge on any atom is -0.362 e. The van der Waals surface area contributed by atoms with E-state index in [0.29, 0.717) is 16.5 Å². The van der Waals surface area contributed by atoms with Crippen LogP contribution in [-0.2, 0) is 0 Å². The third-order valence-electron chi connectivity index (χ3n) is 5.06. The first-order valence-corrected chi connectivity index (χ1v) is 9.92. The lowest BCUT2D eigenvalue weighted by Gasteiger charge is -2.20. The van der Waals surface area contributed by atoms with Crippen molar-refractivity contribution in [3.8, 4) is 5.82 Å². The van der Waals surface area contributed by atoms with Gasteiger partial charge < -0.3 is 10.3 Å². The quantitative estimate of drug-likeness (QED) is 0.445. The van der Waals surface area contributed by atoms with Crippen LogP contribution in [0, 0.1) is 13.8 Å². The molecule has 0 fully saturated rings. The van der Waals surface area contributed by atoms with Crippen LogP contribution >= 0.6 is 11.6 Å². The SMILES string of the molecule is Cc1cc(C)n(-c2nc3c(Cl)cccc3cc2[C@H](C)Nc2ncnc3nc[nH]c23)n1. The fourth-order valence-electron chi connectivity index (χ4n) is 3.66. The van der Waals surface area contributed by atoms with Gasteiger partial charge in [-0.3, -0.25) is 0 Å². The highest BCUT2D eigenvalue weighted by Crippen LogP contribution is 2.31. The van der Waals surface area contributed by atoms with Gasteiger partial charge in [0, 0.05) is 16.6 Å². The number of aromatic amines is 1. The molecule has 0 bridgehead atoms. The predicted octanol–water partition coefficient (Wildman–Crippen LogP) is 4.53. The first kappa shape index (κ1) is 18.5. The first-order chi connectivity index (χ1) is 14.5. The summed E-state index contributed by atoms with van der Waals surface area (Å²) in [7, 11) is 0. The molecule has 8 nitrogen and oxygen atoms in total. The summed E-state index contributed by atoms with van der Waals surface area (Å²) in [6, 6.07) is 9.78. The molecule has 1 aromatic carbocycles. The summed E-state index contributed by atoms with van der Waals surface area (Å²) in [6.45, 7) is 6.04. The van der Waals surface area contributed by atoms with Gasteiger partial charge in [-0.05, 0) is 39.0 Å². The van der Waals surface area contributed by atoms with E-state index in [2.05, 4.69) is 43.3 Å². The molecule has 0 spiro atoms. The predicted molar refractivity (Wildman–Crippen MR) is 117 cm³/mol. The summed E-state index contributed by atoms with van der Waals surface area (Å²) in [6.07, 6.45) is 3.11. The Morgan fingerprint density at radius 3 is 2.80 bits per heavy atom. The number of halogens is 1. The molecule has 5 rings (SSSR count). The maximum absolute atomic E-state index is 6.44. The van der Waals surface area contributed by atoms with Crippen LogP contribution in [-0.4, -0.2) is 34.7 Å². The second-order valence-corrected chi connectivity index (χ2v) is 7.65. The van der Waals surface area contributed by atoms with E-state index in [0.717, 1.165) is 39.2 Å². The highest BCUT2D eigenvalue weighted by atomic mass is 35.5. The van der Waals surface area contributed by atoms with Crippen molar-refractivity contribution in [3.05, 3.63) is 65.0 Å². The molecule has 0 saturated heterocycles. The minimum atomic E-state index is -0.124. The second kappa shape index (κ2) is 7.07. The van der Waals surface area contributed by atoms with Crippen molar-refractivity contribution in [2.24, 2.45) is 0 Å². The Labute approximate surface area is 177 Å². The van der Waals surface area contributed by atoms with Crippen molar-refractivity contribution in [2.75, 3.05) is 5.32 Å². The third kappa shape index (κ3) is 3.05. The van der Waals surface area contributed by atoms with E-state index in [1.807, 2.05) is 42.8 Å². The van der Waals surface area contributed by atoms with Crippen molar-refractivity contribution in [2.45, 2.75) is 26.8 Å². The topological polar surface area (TPSA) is 97.2 Å². The Balaban J connectivity index is 1.67. The van der Waals surface area contributed by atoms with Crippen molar-refractivity contribution >= 4 is 39.5 Å². The Morgan fingerprint density at radius 1 is 1.13 bits per heavy atom. The standard InChI is InChI=1S/C21H19ClN8/c1-11-7-12(2)30(29-11)21-15(8-14-5-4-6-16(22)17(14)28-21)13(3)27-20-18-19(24-9-23-18)25-10-26-20/h4-10,13H,1-3H3,(H2,23,24,25,26,27)/t13-/m0/s1. The number of benzene rings is 1. The van der Waals surface area contributed by atoms with Crippen molar-refractivity contribution in [1.29, 1.82) is 0 Å². The lowest BCUT2D eigenvalue weighted by atomic mass is 10.1. The number of nitrogens with zero attached hydrogens (tertiary/aromatic N) is 6. The normalized spacial score (nSPS) is 12.5. The van der Waals surface area contributed by atoms with Gasteiger partial charge in [-0.1, -0.05) is 23.7 Å². The lowest BCUT2D eigenvalue weighted by Crippen LogP contribution is -2.14. The van der Waals surface area contributed by atoms with Gasteiger partial charge in [0.1, 0.15) is 11.8 Å². The molecule has 4 heterocycles. The van der Waals surface area contributed by atoms with Gasteiger partial charge in [0.05, 0.1) is 28.6 Å². The Hall–Kier alpha value is -3.52. The van der Waals surface area contributed by atoms with E-state index in [1.54, 1.807) is 6.33 Å². The van der Waals surface area contributed by atoms with E-state index < -0.39 is 0 Å². The van der Waals surface area contributed by atoms with Gasteiger partial charge in [-0.2, -0.15) is 5.10 Å². The largest absolute Gasteiger partial charge is 0.362 e. The number of fused-ring (bicyclic) bond motifs is 2. The molecule has 9 heteroatoms. The maximum atomic E-state index is 6.44. The monoisotopic (exact) mass is 418 g/mol. The summed E-state index contributed by atoms with van der Waals surface area (Å²) >= 11 is 6.44. The Bertz CT molecular complexity index is 1390. The van der Waals surface area contributed by atoms with Gasteiger partial charge in [0.2, 0.25) is 0 Å². The molecular formula is C21H19ClN8. The van der Waals surface area contributed by atoms with Crippen molar-refractivity contribution in [1.82, 2.24) is 34.7 Å². The number of hydrogen-bond acceptors (Lipinski definition) is 6. The number of aryl methyl sites for hydroxylation is 2. The molecule has 5 aromatic rings. The summed E-state index contributed by atoms with van der Waals surface area (Å²) in [5.41, 5.74) is 5.02. The van der Waals surface area contributed by atoms with Crippen LogP contribution < -0.4 is 5.32 Å². The Morgan fingerprint density at radius 2 is 2.00 bits per heavy atom. The smallest absolute Gasteiger partial charge is 0.182 e. The van der Waals surface area contributed by atoms with Gasteiger partial charge in [-0.25, -0.2) is 24.6 Å². The molecule has 4 aromatic heterocycles. The molecule has 0 unspecified atom stereocenters. The van der Waals surface area contributed by atoms with Crippen LogP contribution in [0.4, 0.5) is 5.82 Å². The number of hydrogen-bond donors (Lipinski definition) is 2. The van der Waals surface area contributed by atoms with Crippen LogP contribution in [0.25, 0.3) is 27.9 Å². The molecule has 0 amide bonds. The van der Waals surface area contributed by atoms with Crippen LogP contribution in [0.1, 0.15) is 29.9 Å². The molecule has 150 valence electrons. The third-order valence-corrected chi connectivity index (χ3v) is 5.36. The fourth-order valence-corrected chi connectivity index (χ4v) is 3.88.